The first kappa shape index (κ1) is 45.7. The highest BCUT2D eigenvalue weighted by Crippen LogP contribution is 2.36. The number of piperidine rings is 2. The molecular formula is C46H48F5N11O5. The van der Waals surface area contributed by atoms with Crippen LogP contribution < -0.4 is 15.5 Å². The van der Waals surface area contributed by atoms with Gasteiger partial charge in [0.1, 0.15) is 36.8 Å². The van der Waals surface area contributed by atoms with E-state index in [9.17, 15) is 31.9 Å². The van der Waals surface area contributed by atoms with E-state index in [4.69, 9.17) is 15.9 Å². The van der Waals surface area contributed by atoms with Crippen molar-refractivity contribution in [3.05, 3.63) is 65.4 Å². The Morgan fingerprint density at radius 3 is 2.64 bits per heavy atom. The number of nitrogens with zero attached hydrogens (tertiary/aromatic N) is 9. The molecule has 3 aliphatic heterocycles. The number of benzene rings is 1. The molecule has 5 aromatic rings. The Balaban J connectivity index is 0.764. The van der Waals surface area contributed by atoms with Crippen LogP contribution in [0.25, 0.3) is 16.6 Å². The van der Waals surface area contributed by atoms with Crippen LogP contribution in [0.1, 0.15) is 90.6 Å². The Hall–Kier alpha value is -6.42. The number of anilines is 2. The molecule has 1 saturated carbocycles. The monoisotopic (exact) mass is 929 g/mol. The number of terminal acetylenes is 1. The first-order valence-electron chi connectivity index (χ1n) is 22.3. The average Bonchev–Trinajstić information content (AvgIpc) is 4.05. The number of hydrogen-bond donors (Lipinski definition) is 2. The van der Waals surface area contributed by atoms with Crippen LogP contribution in [0, 0.1) is 30.1 Å². The summed E-state index contributed by atoms with van der Waals surface area (Å²) in [5, 5.41) is 18.7. The summed E-state index contributed by atoms with van der Waals surface area (Å²) in [7, 11) is 0. The van der Waals surface area contributed by atoms with Crippen molar-refractivity contribution in [1.82, 2.24) is 44.4 Å². The van der Waals surface area contributed by atoms with E-state index in [0.29, 0.717) is 67.9 Å². The van der Waals surface area contributed by atoms with Crippen LogP contribution >= 0.6 is 0 Å². The van der Waals surface area contributed by atoms with Gasteiger partial charge < -0.3 is 19.7 Å². The molecule has 21 heteroatoms. The van der Waals surface area contributed by atoms with Crippen LogP contribution in [0.15, 0.2) is 42.9 Å². The second-order valence-corrected chi connectivity index (χ2v) is 17.3. The molecule has 2 N–H and O–H groups in total. The van der Waals surface area contributed by atoms with Crippen molar-refractivity contribution in [1.29, 1.82) is 0 Å². The first-order chi connectivity index (χ1) is 32.4. The summed E-state index contributed by atoms with van der Waals surface area (Å²) in [6.45, 7) is 1.99. The Kier molecular flexibility index (Phi) is 13.5. The van der Waals surface area contributed by atoms with E-state index >= 15 is 4.39 Å². The summed E-state index contributed by atoms with van der Waals surface area (Å²) in [5.74, 6) is 7.30. The molecule has 4 aromatic heterocycles. The number of hydrogen-bond acceptors (Lipinski definition) is 11. The summed E-state index contributed by atoms with van der Waals surface area (Å²) in [6.07, 6.45) is 4.99. The van der Waals surface area contributed by atoms with Gasteiger partial charge in [-0.3, -0.25) is 34.0 Å². The molecule has 4 fully saturated rings. The van der Waals surface area contributed by atoms with Crippen LogP contribution in [0.3, 0.4) is 0 Å². The van der Waals surface area contributed by atoms with Gasteiger partial charge >= 0.3 is 0 Å². The van der Waals surface area contributed by atoms with E-state index in [1.54, 1.807) is 21.8 Å². The number of fused-ring (bicyclic) bond motifs is 2. The van der Waals surface area contributed by atoms with Crippen molar-refractivity contribution < 1.29 is 45.8 Å². The number of morpholine rings is 1. The van der Waals surface area contributed by atoms with Gasteiger partial charge in [-0.25, -0.2) is 31.5 Å². The van der Waals surface area contributed by atoms with Crippen LogP contribution in [0.4, 0.5) is 33.5 Å². The number of amides is 3. The first-order valence-corrected chi connectivity index (χ1v) is 22.3. The van der Waals surface area contributed by atoms with Crippen LogP contribution in [0.5, 0.6) is 0 Å². The minimum atomic E-state index is -2.97. The predicted octanol–water partition coefficient (Wildman–Crippen LogP) is 5.30. The Labute approximate surface area is 381 Å². The molecule has 0 bridgehead atoms. The summed E-state index contributed by atoms with van der Waals surface area (Å²) in [4.78, 5) is 46.2. The fourth-order valence-corrected chi connectivity index (χ4v) is 9.58. The van der Waals surface area contributed by atoms with Crippen molar-refractivity contribution >= 4 is 45.8 Å². The number of imide groups is 1. The summed E-state index contributed by atoms with van der Waals surface area (Å²) >= 11 is 0. The molecule has 0 spiro atoms. The third kappa shape index (κ3) is 9.85. The standard InChI is InChI=1S/C46H48F5N11O5/c1-2-16-60-41-28(5-3-7-30(41)39(56-60)31-12-13-38(63)55-45(31)64)6-4-20-66-35-14-17-58(24-33(35)47)23-27-8-10-29(11-9-27)62-25-34(40(57-62)43(50)51)53-46(65)32-22-52-61-18-15-37(54-44(32)61)59-19-21-67-36(26-59)42(48)49/h1,3,5,7,15,18,22,25,27,29,31,33,35-36,42-43H,8-14,16-17,19-21,23-24,26H2,(H,53,65)(H,55,63,64)/t27?,29?,31?,33-,35+,36-/m0/s1. The Bertz CT molecular complexity index is 2750. The maximum absolute atomic E-state index is 15.5. The van der Waals surface area contributed by atoms with E-state index < -0.39 is 54.7 Å². The van der Waals surface area contributed by atoms with Gasteiger partial charge in [0.05, 0.1) is 59.9 Å². The molecule has 3 amide bonds. The van der Waals surface area contributed by atoms with Gasteiger partial charge in [0.25, 0.3) is 18.8 Å². The fraction of sp³-hybridized carbons (Fsp3) is 0.500. The second kappa shape index (κ2) is 19.8. The van der Waals surface area contributed by atoms with Crippen LogP contribution in [-0.2, 0) is 25.6 Å². The van der Waals surface area contributed by atoms with Gasteiger partial charge in [0.2, 0.25) is 11.8 Å². The van der Waals surface area contributed by atoms with E-state index in [0.717, 1.165) is 18.2 Å². The largest absolute Gasteiger partial charge is 0.369 e. The molecule has 352 valence electrons. The SMILES string of the molecule is C#CCn1nc(C2CCC(=O)NC2=O)c2cccc(C#CCO[C@@H]3CCN(CC4CCC(n5cc(NC(=O)c6cnn7ccc(N8CCO[C@H](C(F)F)C8)nc67)c(C(F)F)n5)CC4)C[C@@H]3F)c21. The number of para-hydroxylation sites is 1. The summed E-state index contributed by atoms with van der Waals surface area (Å²) < 4.78 is 86.4. The number of likely N-dealkylation sites (tertiary alicyclic amines) is 1. The molecule has 67 heavy (non-hydrogen) atoms. The quantitative estimate of drug-likeness (QED) is 0.0948. The zero-order chi connectivity index (χ0) is 46.8. The van der Waals surface area contributed by atoms with Crippen molar-refractivity contribution in [3.8, 4) is 24.2 Å². The average molecular weight is 930 g/mol. The van der Waals surface area contributed by atoms with E-state index in [1.807, 2.05) is 18.2 Å². The lowest BCUT2D eigenvalue weighted by Gasteiger charge is -2.38. The number of rotatable bonds is 12. The van der Waals surface area contributed by atoms with Crippen LogP contribution in [0.2, 0.25) is 0 Å². The van der Waals surface area contributed by atoms with Crippen molar-refractivity contribution in [2.75, 3.05) is 56.2 Å². The smallest absolute Gasteiger partial charge is 0.284 e. The lowest BCUT2D eigenvalue weighted by molar-refractivity contribution is -0.134. The molecule has 1 aromatic carbocycles. The highest BCUT2D eigenvalue weighted by Gasteiger charge is 2.35. The minimum absolute atomic E-state index is 0.00259. The number of nitrogens with one attached hydrogen (secondary N) is 2. The summed E-state index contributed by atoms with van der Waals surface area (Å²) in [6, 6.07) is 6.89. The zero-order valence-corrected chi connectivity index (χ0v) is 36.3. The number of aromatic nitrogens is 7. The van der Waals surface area contributed by atoms with Gasteiger partial charge in [0.15, 0.2) is 11.3 Å². The molecule has 4 aliphatic rings. The van der Waals surface area contributed by atoms with E-state index in [-0.39, 0.29) is 74.0 Å². The second-order valence-electron chi connectivity index (χ2n) is 17.3. The number of halogens is 5. The minimum Gasteiger partial charge on any atom is -0.369 e. The van der Waals surface area contributed by atoms with Crippen LogP contribution in [-0.4, -0.2) is 128 Å². The van der Waals surface area contributed by atoms with Gasteiger partial charge in [-0.2, -0.15) is 15.3 Å². The lowest BCUT2D eigenvalue weighted by atomic mass is 9.85. The third-order valence-corrected chi connectivity index (χ3v) is 13.0. The van der Waals surface area contributed by atoms with Crippen molar-refractivity contribution in [2.24, 2.45) is 5.92 Å². The highest BCUT2D eigenvalue weighted by atomic mass is 19.3. The van der Waals surface area contributed by atoms with Gasteiger partial charge in [0, 0.05) is 50.4 Å². The normalized spacial score (nSPS) is 23.9. The molecule has 0 radical (unpaired) electrons. The molecule has 1 aliphatic carbocycles. The summed E-state index contributed by atoms with van der Waals surface area (Å²) in [5.41, 5.74) is 1.27. The van der Waals surface area contributed by atoms with Gasteiger partial charge in [-0.05, 0) is 56.6 Å². The topological polar surface area (TPSA) is 166 Å². The van der Waals surface area contributed by atoms with Crippen molar-refractivity contribution in [3.63, 3.8) is 0 Å². The Morgan fingerprint density at radius 2 is 1.88 bits per heavy atom. The van der Waals surface area contributed by atoms with Gasteiger partial charge in [-0.15, -0.1) is 6.42 Å². The highest BCUT2D eigenvalue weighted by molar-refractivity contribution is 6.08. The zero-order valence-electron chi connectivity index (χ0n) is 36.3. The maximum atomic E-state index is 15.5. The molecule has 9 rings (SSSR count). The predicted molar refractivity (Wildman–Crippen MR) is 233 cm³/mol. The fourth-order valence-electron chi connectivity index (χ4n) is 9.58. The number of ether oxygens (including phenoxy) is 2. The molecule has 1 unspecified atom stereocenters. The third-order valence-electron chi connectivity index (χ3n) is 13.0. The molecule has 16 nitrogen and oxygen atoms in total. The number of carbonyl (C=O) groups excluding carboxylic acids is 3. The number of alkyl halides is 5. The number of carbonyl (C=O) groups is 3. The molecule has 3 saturated heterocycles. The molecular weight excluding hydrogens is 882 g/mol. The van der Waals surface area contributed by atoms with E-state index in [2.05, 4.69) is 53.6 Å². The Morgan fingerprint density at radius 1 is 1.04 bits per heavy atom. The lowest BCUT2D eigenvalue weighted by Crippen LogP contribution is -2.47. The molecule has 7 heterocycles. The molecule has 4 atom stereocenters. The maximum Gasteiger partial charge on any atom is 0.284 e. The van der Waals surface area contributed by atoms with Crippen molar-refractivity contribution in [2.45, 2.75) is 94.7 Å². The van der Waals surface area contributed by atoms with Gasteiger partial charge in [-0.1, -0.05) is 29.9 Å². The van der Waals surface area contributed by atoms with E-state index in [1.165, 1.54) is 21.6 Å².